The number of rotatable bonds is 4. The van der Waals surface area contributed by atoms with Crippen LogP contribution in [0.5, 0.6) is 0 Å². The number of nitrogens with one attached hydrogen (secondary N) is 1. The lowest BCUT2D eigenvalue weighted by atomic mass is 10.3. The standard InChI is InChI=1S/C14H12N2O3S/c1-9(17)15-10-5-7-11(8-6-10)20-13-4-2-3-12(16-13)14(18)19/h2-8H,1H3,(H,15,17)(H,18,19). The zero-order valence-corrected chi connectivity index (χ0v) is 11.5. The molecule has 0 atom stereocenters. The van der Waals surface area contributed by atoms with E-state index in [4.69, 9.17) is 5.11 Å². The molecule has 0 aliphatic carbocycles. The first-order valence-electron chi connectivity index (χ1n) is 5.80. The van der Waals surface area contributed by atoms with Gasteiger partial charge in [-0.3, -0.25) is 4.79 Å². The first kappa shape index (κ1) is 14.1. The van der Waals surface area contributed by atoms with Crippen molar-refractivity contribution in [3.05, 3.63) is 48.2 Å². The summed E-state index contributed by atoms with van der Waals surface area (Å²) in [5.41, 5.74) is 0.735. The van der Waals surface area contributed by atoms with Gasteiger partial charge in [0.2, 0.25) is 5.91 Å². The number of anilines is 1. The van der Waals surface area contributed by atoms with Crippen molar-refractivity contribution in [2.45, 2.75) is 16.8 Å². The first-order chi connectivity index (χ1) is 9.54. The number of benzene rings is 1. The molecule has 0 saturated carbocycles. The number of amides is 1. The van der Waals surface area contributed by atoms with Gasteiger partial charge in [-0.1, -0.05) is 17.8 Å². The highest BCUT2D eigenvalue weighted by atomic mass is 32.2. The number of carbonyl (C=O) groups excluding carboxylic acids is 1. The summed E-state index contributed by atoms with van der Waals surface area (Å²) in [6.07, 6.45) is 0. The second-order valence-electron chi connectivity index (χ2n) is 3.97. The van der Waals surface area contributed by atoms with Crippen molar-refractivity contribution in [1.29, 1.82) is 0 Å². The maximum atomic E-state index is 10.9. The zero-order chi connectivity index (χ0) is 14.5. The van der Waals surface area contributed by atoms with Crippen molar-refractivity contribution in [3.8, 4) is 0 Å². The second kappa shape index (κ2) is 6.21. The van der Waals surface area contributed by atoms with Gasteiger partial charge in [0.25, 0.3) is 0 Å². The number of pyridine rings is 1. The number of hydrogen-bond acceptors (Lipinski definition) is 4. The normalized spacial score (nSPS) is 10.1. The van der Waals surface area contributed by atoms with Crippen LogP contribution in [0.1, 0.15) is 17.4 Å². The fraction of sp³-hybridized carbons (Fsp3) is 0.0714. The largest absolute Gasteiger partial charge is 0.477 e. The van der Waals surface area contributed by atoms with Gasteiger partial charge in [-0.2, -0.15) is 0 Å². The third kappa shape index (κ3) is 3.83. The molecule has 5 nitrogen and oxygen atoms in total. The summed E-state index contributed by atoms with van der Waals surface area (Å²) in [6.45, 7) is 1.45. The molecule has 20 heavy (non-hydrogen) atoms. The summed E-state index contributed by atoms with van der Waals surface area (Å²) >= 11 is 1.36. The number of carboxylic acid groups (broad SMARTS) is 1. The summed E-state index contributed by atoms with van der Waals surface area (Å²) in [4.78, 5) is 26.7. The molecule has 1 aromatic heterocycles. The third-order valence-corrected chi connectivity index (χ3v) is 3.28. The molecule has 0 spiro atoms. The second-order valence-corrected chi connectivity index (χ2v) is 5.07. The minimum atomic E-state index is -1.05. The molecule has 1 amide bonds. The van der Waals surface area contributed by atoms with Gasteiger partial charge < -0.3 is 10.4 Å². The Morgan fingerprint density at radius 2 is 1.85 bits per heavy atom. The molecule has 2 aromatic rings. The van der Waals surface area contributed by atoms with E-state index in [1.165, 1.54) is 24.8 Å². The van der Waals surface area contributed by atoms with Gasteiger partial charge in [0.05, 0.1) is 0 Å². The molecule has 0 unspecified atom stereocenters. The first-order valence-corrected chi connectivity index (χ1v) is 6.62. The fourth-order valence-electron chi connectivity index (χ4n) is 1.52. The van der Waals surface area contributed by atoms with Crippen LogP contribution in [0.15, 0.2) is 52.4 Å². The highest BCUT2D eigenvalue weighted by Crippen LogP contribution is 2.27. The lowest BCUT2D eigenvalue weighted by Gasteiger charge is -2.04. The van der Waals surface area contributed by atoms with Gasteiger partial charge in [0.15, 0.2) is 0 Å². The molecule has 0 radical (unpaired) electrons. The molecule has 0 aliphatic rings. The number of carbonyl (C=O) groups is 2. The summed E-state index contributed by atoms with van der Waals surface area (Å²) in [7, 11) is 0. The van der Waals surface area contributed by atoms with Gasteiger partial charge in [0.1, 0.15) is 10.7 Å². The van der Waals surface area contributed by atoms with Gasteiger partial charge in [-0.05, 0) is 36.4 Å². The van der Waals surface area contributed by atoms with Crippen LogP contribution in [0.3, 0.4) is 0 Å². The maximum absolute atomic E-state index is 10.9. The Morgan fingerprint density at radius 1 is 1.15 bits per heavy atom. The van der Waals surface area contributed by atoms with Crippen molar-refractivity contribution in [3.63, 3.8) is 0 Å². The zero-order valence-electron chi connectivity index (χ0n) is 10.7. The summed E-state index contributed by atoms with van der Waals surface area (Å²) < 4.78 is 0. The number of nitrogens with zero attached hydrogens (tertiary/aromatic N) is 1. The van der Waals surface area contributed by atoms with Crippen molar-refractivity contribution in [1.82, 2.24) is 4.98 Å². The molecule has 1 aromatic carbocycles. The number of hydrogen-bond donors (Lipinski definition) is 2. The molecule has 2 rings (SSSR count). The van der Waals surface area contributed by atoms with Crippen LogP contribution in [0.4, 0.5) is 5.69 Å². The predicted octanol–water partition coefficient (Wildman–Crippen LogP) is 2.89. The summed E-state index contributed by atoms with van der Waals surface area (Å²) in [6, 6.07) is 12.1. The van der Waals surface area contributed by atoms with Crippen LogP contribution in [0.25, 0.3) is 0 Å². The van der Waals surface area contributed by atoms with Crippen molar-refractivity contribution < 1.29 is 14.7 Å². The molecule has 6 heteroatoms. The minimum absolute atomic E-state index is 0.0184. The Morgan fingerprint density at radius 3 is 2.45 bits per heavy atom. The van der Waals surface area contributed by atoms with Gasteiger partial charge in [0, 0.05) is 17.5 Å². The van der Waals surface area contributed by atoms with E-state index in [1.54, 1.807) is 24.3 Å². The van der Waals surface area contributed by atoms with E-state index < -0.39 is 5.97 Å². The lowest BCUT2D eigenvalue weighted by Crippen LogP contribution is -2.05. The number of aromatic nitrogens is 1. The minimum Gasteiger partial charge on any atom is -0.477 e. The van der Waals surface area contributed by atoms with Crippen LogP contribution in [0.2, 0.25) is 0 Å². The quantitative estimate of drug-likeness (QED) is 0.904. The number of carboxylic acids is 1. The van der Waals surface area contributed by atoms with E-state index in [0.717, 1.165) is 4.90 Å². The number of aromatic carboxylic acids is 1. The molecule has 0 aliphatic heterocycles. The van der Waals surface area contributed by atoms with Crippen LogP contribution in [0, 0.1) is 0 Å². The van der Waals surface area contributed by atoms with Crippen molar-refractivity contribution >= 4 is 29.3 Å². The predicted molar refractivity (Wildman–Crippen MR) is 76.1 cm³/mol. The van der Waals surface area contributed by atoms with Gasteiger partial charge >= 0.3 is 5.97 Å². The van der Waals surface area contributed by atoms with E-state index in [2.05, 4.69) is 10.3 Å². The van der Waals surface area contributed by atoms with Crippen molar-refractivity contribution in [2.24, 2.45) is 0 Å². The molecule has 102 valence electrons. The van der Waals surface area contributed by atoms with E-state index in [0.29, 0.717) is 10.7 Å². The lowest BCUT2D eigenvalue weighted by molar-refractivity contribution is -0.114. The van der Waals surface area contributed by atoms with Crippen LogP contribution in [-0.2, 0) is 4.79 Å². The van der Waals surface area contributed by atoms with E-state index in [9.17, 15) is 9.59 Å². The smallest absolute Gasteiger partial charge is 0.354 e. The highest BCUT2D eigenvalue weighted by Gasteiger charge is 2.06. The summed E-state index contributed by atoms with van der Waals surface area (Å²) in [5.74, 6) is -1.17. The average molecular weight is 288 g/mol. The third-order valence-electron chi connectivity index (χ3n) is 2.34. The Kier molecular flexibility index (Phi) is 4.37. The molecule has 0 saturated heterocycles. The maximum Gasteiger partial charge on any atom is 0.354 e. The van der Waals surface area contributed by atoms with Gasteiger partial charge in [-0.15, -0.1) is 0 Å². The monoisotopic (exact) mass is 288 g/mol. The molecule has 1 heterocycles. The van der Waals surface area contributed by atoms with Gasteiger partial charge in [-0.25, -0.2) is 9.78 Å². The molecule has 0 bridgehead atoms. The van der Waals surface area contributed by atoms with E-state index in [1.807, 2.05) is 12.1 Å². The van der Waals surface area contributed by atoms with Crippen LogP contribution in [-0.4, -0.2) is 22.0 Å². The van der Waals surface area contributed by atoms with Crippen LogP contribution < -0.4 is 5.32 Å². The molecular weight excluding hydrogens is 276 g/mol. The Labute approximate surface area is 120 Å². The molecular formula is C14H12N2O3S. The average Bonchev–Trinajstić information content (AvgIpc) is 2.41. The Balaban J connectivity index is 2.11. The Hall–Kier alpha value is -2.34. The topological polar surface area (TPSA) is 79.3 Å². The molecule has 2 N–H and O–H groups in total. The van der Waals surface area contributed by atoms with Crippen molar-refractivity contribution in [2.75, 3.05) is 5.32 Å². The SMILES string of the molecule is CC(=O)Nc1ccc(Sc2cccc(C(=O)O)n2)cc1. The van der Waals surface area contributed by atoms with E-state index in [-0.39, 0.29) is 11.6 Å². The fourth-order valence-corrected chi connectivity index (χ4v) is 2.33. The van der Waals surface area contributed by atoms with E-state index >= 15 is 0 Å². The highest BCUT2D eigenvalue weighted by molar-refractivity contribution is 7.99. The summed E-state index contributed by atoms with van der Waals surface area (Å²) in [5, 5.41) is 12.2. The Bertz CT molecular complexity index is 641. The van der Waals surface area contributed by atoms with Crippen LogP contribution >= 0.6 is 11.8 Å². The molecule has 0 fully saturated rings.